The Labute approximate surface area is 159 Å². The Morgan fingerprint density at radius 2 is 1.48 bits per heavy atom. The maximum absolute atomic E-state index is 12.5. The molecule has 3 rings (SSSR count). The number of rotatable bonds is 7. The zero-order chi connectivity index (χ0) is 19.1. The Hall–Kier alpha value is -3.33. The van der Waals surface area contributed by atoms with Crippen molar-refractivity contribution in [1.82, 2.24) is 0 Å². The van der Waals surface area contributed by atoms with Crippen molar-refractivity contribution < 1.29 is 14.3 Å². The number of hydrogen-bond donors (Lipinski definition) is 0. The Bertz CT molecular complexity index is 901. The summed E-state index contributed by atoms with van der Waals surface area (Å²) in [5, 5.41) is 0. The highest BCUT2D eigenvalue weighted by Crippen LogP contribution is 2.23. The SMILES string of the molecule is C=C(C(=O)OC(C)Oc1ccccc1)c1ccccc1Cc1ccccc1. The van der Waals surface area contributed by atoms with Crippen LogP contribution in [0.2, 0.25) is 0 Å². The van der Waals surface area contributed by atoms with Gasteiger partial charge in [0, 0.05) is 6.92 Å². The third-order valence-corrected chi connectivity index (χ3v) is 4.14. The first-order valence-electron chi connectivity index (χ1n) is 8.87. The van der Waals surface area contributed by atoms with E-state index in [1.807, 2.05) is 72.8 Å². The Morgan fingerprint density at radius 3 is 2.19 bits per heavy atom. The molecule has 0 radical (unpaired) electrons. The van der Waals surface area contributed by atoms with Gasteiger partial charge in [-0.3, -0.25) is 0 Å². The van der Waals surface area contributed by atoms with Crippen molar-refractivity contribution in [2.75, 3.05) is 0 Å². The van der Waals surface area contributed by atoms with Crippen molar-refractivity contribution in [3.8, 4) is 5.75 Å². The van der Waals surface area contributed by atoms with Crippen molar-refractivity contribution in [2.45, 2.75) is 19.6 Å². The number of hydrogen-bond acceptors (Lipinski definition) is 3. The van der Waals surface area contributed by atoms with Gasteiger partial charge >= 0.3 is 5.97 Å². The van der Waals surface area contributed by atoms with Crippen LogP contribution in [0.1, 0.15) is 23.6 Å². The van der Waals surface area contributed by atoms with E-state index in [4.69, 9.17) is 9.47 Å². The van der Waals surface area contributed by atoms with Gasteiger partial charge in [-0.25, -0.2) is 4.79 Å². The Balaban J connectivity index is 1.69. The highest BCUT2D eigenvalue weighted by Gasteiger charge is 2.18. The van der Waals surface area contributed by atoms with Gasteiger partial charge in [-0.05, 0) is 35.2 Å². The van der Waals surface area contributed by atoms with Crippen LogP contribution in [0.25, 0.3) is 5.57 Å². The highest BCUT2D eigenvalue weighted by atomic mass is 16.7. The molecule has 0 saturated carbocycles. The summed E-state index contributed by atoms with van der Waals surface area (Å²) in [6, 6.07) is 27.1. The van der Waals surface area contributed by atoms with E-state index >= 15 is 0 Å². The summed E-state index contributed by atoms with van der Waals surface area (Å²) in [6.07, 6.45) is 0.0114. The molecule has 0 spiro atoms. The van der Waals surface area contributed by atoms with Gasteiger partial charge in [0.25, 0.3) is 0 Å². The van der Waals surface area contributed by atoms with Crippen molar-refractivity contribution in [1.29, 1.82) is 0 Å². The first kappa shape index (κ1) is 18.5. The van der Waals surface area contributed by atoms with Gasteiger partial charge < -0.3 is 9.47 Å². The van der Waals surface area contributed by atoms with Gasteiger partial charge in [0.05, 0.1) is 5.57 Å². The molecule has 3 heteroatoms. The van der Waals surface area contributed by atoms with Crippen LogP contribution in [0.3, 0.4) is 0 Å². The maximum Gasteiger partial charge on any atom is 0.341 e. The predicted molar refractivity (Wildman–Crippen MR) is 107 cm³/mol. The lowest BCUT2D eigenvalue weighted by atomic mass is 9.95. The minimum atomic E-state index is -0.710. The lowest BCUT2D eigenvalue weighted by Gasteiger charge is -2.17. The zero-order valence-corrected chi connectivity index (χ0v) is 15.3. The second-order valence-electron chi connectivity index (χ2n) is 6.20. The molecule has 3 aromatic carbocycles. The number of benzene rings is 3. The molecule has 3 nitrogen and oxygen atoms in total. The van der Waals surface area contributed by atoms with Gasteiger partial charge in [-0.15, -0.1) is 0 Å². The molecule has 0 saturated heterocycles. The molecule has 1 atom stereocenters. The molecule has 0 fully saturated rings. The van der Waals surface area contributed by atoms with Gasteiger partial charge in [-0.1, -0.05) is 79.4 Å². The van der Waals surface area contributed by atoms with Crippen LogP contribution >= 0.6 is 0 Å². The third-order valence-electron chi connectivity index (χ3n) is 4.14. The van der Waals surface area contributed by atoms with Crippen LogP contribution in [0.4, 0.5) is 0 Å². The number of para-hydroxylation sites is 1. The summed E-state index contributed by atoms with van der Waals surface area (Å²) >= 11 is 0. The van der Waals surface area contributed by atoms with E-state index in [0.29, 0.717) is 11.3 Å². The largest absolute Gasteiger partial charge is 0.455 e. The van der Waals surface area contributed by atoms with E-state index in [1.165, 1.54) is 5.56 Å². The smallest absolute Gasteiger partial charge is 0.341 e. The van der Waals surface area contributed by atoms with E-state index in [9.17, 15) is 4.79 Å². The molecule has 1 unspecified atom stereocenters. The fourth-order valence-electron chi connectivity index (χ4n) is 2.83. The summed E-state index contributed by atoms with van der Waals surface area (Å²) in [4.78, 5) is 12.5. The maximum atomic E-state index is 12.5. The van der Waals surface area contributed by atoms with Gasteiger partial charge in [0.15, 0.2) is 0 Å². The van der Waals surface area contributed by atoms with Crippen LogP contribution in [-0.2, 0) is 16.0 Å². The number of ether oxygens (including phenoxy) is 2. The number of carbonyl (C=O) groups is 1. The Kier molecular flexibility index (Phi) is 6.06. The molecule has 0 aliphatic heterocycles. The quantitative estimate of drug-likeness (QED) is 0.328. The highest BCUT2D eigenvalue weighted by molar-refractivity contribution is 6.16. The van der Waals surface area contributed by atoms with Crippen LogP contribution in [0, 0.1) is 0 Å². The number of esters is 1. The summed E-state index contributed by atoms with van der Waals surface area (Å²) in [7, 11) is 0. The van der Waals surface area contributed by atoms with Crippen molar-refractivity contribution in [2.24, 2.45) is 0 Å². The molecule has 0 amide bonds. The monoisotopic (exact) mass is 358 g/mol. The molecule has 0 bridgehead atoms. The summed E-state index contributed by atoms with van der Waals surface area (Å²) in [5.41, 5.74) is 3.32. The lowest BCUT2D eigenvalue weighted by molar-refractivity contribution is -0.153. The van der Waals surface area contributed by atoms with E-state index in [1.54, 1.807) is 6.92 Å². The van der Waals surface area contributed by atoms with Crippen LogP contribution < -0.4 is 4.74 Å². The van der Waals surface area contributed by atoms with E-state index in [0.717, 1.165) is 17.5 Å². The second kappa shape index (κ2) is 8.86. The summed E-state index contributed by atoms with van der Waals surface area (Å²) < 4.78 is 11.0. The first-order valence-corrected chi connectivity index (χ1v) is 8.87. The van der Waals surface area contributed by atoms with E-state index < -0.39 is 12.3 Å². The van der Waals surface area contributed by atoms with Crippen LogP contribution in [0.15, 0.2) is 91.5 Å². The minimum Gasteiger partial charge on any atom is -0.455 e. The standard InChI is InChI=1S/C24H22O3/c1-18(24(25)27-19(2)26-22-14-7-4-8-15-22)23-16-10-9-13-21(23)17-20-11-5-3-6-12-20/h3-16,19H,1,17H2,2H3. The molecular formula is C24H22O3. The van der Waals surface area contributed by atoms with Crippen molar-refractivity contribution in [3.63, 3.8) is 0 Å². The zero-order valence-electron chi connectivity index (χ0n) is 15.3. The van der Waals surface area contributed by atoms with Crippen LogP contribution in [0.5, 0.6) is 5.75 Å². The molecular weight excluding hydrogens is 336 g/mol. The van der Waals surface area contributed by atoms with Gasteiger partial charge in [0.1, 0.15) is 5.75 Å². The molecule has 0 N–H and O–H groups in total. The molecule has 0 aliphatic carbocycles. The normalized spacial score (nSPS) is 11.4. The summed E-state index contributed by atoms with van der Waals surface area (Å²) in [6.45, 7) is 5.65. The minimum absolute atomic E-state index is 0.324. The molecule has 3 aromatic rings. The molecule has 0 aliphatic rings. The van der Waals surface area contributed by atoms with Gasteiger partial charge in [-0.2, -0.15) is 0 Å². The molecule has 27 heavy (non-hydrogen) atoms. The topological polar surface area (TPSA) is 35.5 Å². The second-order valence-corrected chi connectivity index (χ2v) is 6.20. The number of carbonyl (C=O) groups excluding carboxylic acids is 1. The fraction of sp³-hybridized carbons (Fsp3) is 0.125. The van der Waals surface area contributed by atoms with Crippen molar-refractivity contribution >= 4 is 11.5 Å². The molecule has 0 heterocycles. The van der Waals surface area contributed by atoms with Crippen molar-refractivity contribution in [3.05, 3.63) is 108 Å². The van der Waals surface area contributed by atoms with E-state index in [2.05, 4.69) is 18.7 Å². The predicted octanol–water partition coefficient (Wildman–Crippen LogP) is 5.26. The lowest BCUT2D eigenvalue weighted by Crippen LogP contribution is -2.21. The first-order chi connectivity index (χ1) is 13.1. The van der Waals surface area contributed by atoms with Gasteiger partial charge in [0.2, 0.25) is 6.29 Å². The average molecular weight is 358 g/mol. The van der Waals surface area contributed by atoms with Crippen LogP contribution in [-0.4, -0.2) is 12.3 Å². The molecule has 136 valence electrons. The average Bonchev–Trinajstić information content (AvgIpc) is 2.69. The van der Waals surface area contributed by atoms with E-state index in [-0.39, 0.29) is 0 Å². The Morgan fingerprint density at radius 1 is 0.889 bits per heavy atom. The summed E-state index contributed by atoms with van der Waals surface area (Å²) in [5.74, 6) is 0.159. The fourth-order valence-corrected chi connectivity index (χ4v) is 2.83. The molecule has 0 aromatic heterocycles. The third kappa shape index (κ3) is 5.08.